The van der Waals surface area contributed by atoms with Gasteiger partial charge in [0.25, 0.3) is 0 Å². The first-order chi connectivity index (χ1) is 8.58. The van der Waals surface area contributed by atoms with E-state index in [1.54, 1.807) is 6.07 Å². The number of nitrogens with one attached hydrogen (secondary N) is 1. The molecule has 1 rings (SSSR count). The average molecular weight is 254 g/mol. The molecule has 1 atom stereocenters. The lowest BCUT2D eigenvalue weighted by Gasteiger charge is -2.20. The fourth-order valence-corrected chi connectivity index (χ4v) is 1.77. The number of rotatable bonds is 7. The molecule has 3 nitrogen and oxygen atoms in total. The van der Waals surface area contributed by atoms with E-state index in [1.807, 2.05) is 13.0 Å². The fraction of sp³-hybridized carbons (Fsp3) is 0.571. The van der Waals surface area contributed by atoms with Crippen molar-refractivity contribution in [2.24, 2.45) is 11.7 Å². The van der Waals surface area contributed by atoms with Crippen molar-refractivity contribution in [3.63, 3.8) is 0 Å². The predicted molar refractivity (Wildman–Crippen MR) is 72.1 cm³/mol. The number of hydrogen-bond donors (Lipinski definition) is 2. The third kappa shape index (κ3) is 4.27. The van der Waals surface area contributed by atoms with E-state index in [9.17, 15) is 4.39 Å². The Balaban J connectivity index is 2.60. The average Bonchev–Trinajstić information content (AvgIpc) is 2.33. The van der Waals surface area contributed by atoms with Gasteiger partial charge in [-0.15, -0.1) is 0 Å². The molecule has 0 aliphatic heterocycles. The first kappa shape index (κ1) is 14.9. The van der Waals surface area contributed by atoms with E-state index < -0.39 is 0 Å². The summed E-state index contributed by atoms with van der Waals surface area (Å²) < 4.78 is 18.8. The highest BCUT2D eigenvalue weighted by atomic mass is 19.1. The first-order valence-electron chi connectivity index (χ1n) is 6.43. The van der Waals surface area contributed by atoms with Crippen LogP contribution in [0.2, 0.25) is 0 Å². The highest BCUT2D eigenvalue weighted by Gasteiger charge is 2.11. The summed E-state index contributed by atoms with van der Waals surface area (Å²) in [5, 5.41) is 3.33. The Morgan fingerprint density at radius 3 is 2.61 bits per heavy atom. The standard InChI is InChI=1S/C14H23FN2O/c1-4-18-14-6-5-11(7-12(14)15)9-17-13(8-16)10(2)3/h5-7,10,13,17H,4,8-9,16H2,1-3H3. The van der Waals surface area contributed by atoms with Crippen LogP contribution in [0.5, 0.6) is 5.75 Å². The summed E-state index contributed by atoms with van der Waals surface area (Å²) in [5.41, 5.74) is 6.57. The molecule has 0 radical (unpaired) electrons. The molecule has 0 spiro atoms. The van der Waals surface area contributed by atoms with Crippen LogP contribution in [-0.2, 0) is 6.54 Å². The maximum atomic E-state index is 13.6. The van der Waals surface area contributed by atoms with Gasteiger partial charge >= 0.3 is 0 Å². The molecule has 0 aliphatic carbocycles. The van der Waals surface area contributed by atoms with Gasteiger partial charge in [-0.1, -0.05) is 19.9 Å². The Kier molecular flexibility index (Phi) is 6.09. The first-order valence-corrected chi connectivity index (χ1v) is 6.43. The highest BCUT2D eigenvalue weighted by molar-refractivity contribution is 5.29. The number of benzene rings is 1. The topological polar surface area (TPSA) is 47.3 Å². The Bertz CT molecular complexity index is 369. The SMILES string of the molecule is CCOc1ccc(CNC(CN)C(C)C)cc1F. The molecule has 0 fully saturated rings. The zero-order valence-corrected chi connectivity index (χ0v) is 11.4. The lowest BCUT2D eigenvalue weighted by atomic mass is 10.0. The molecule has 1 unspecified atom stereocenters. The minimum atomic E-state index is -0.315. The minimum absolute atomic E-state index is 0.250. The lowest BCUT2D eigenvalue weighted by molar-refractivity contribution is 0.321. The molecule has 4 heteroatoms. The van der Waals surface area contributed by atoms with Crippen LogP contribution in [0.3, 0.4) is 0 Å². The minimum Gasteiger partial charge on any atom is -0.491 e. The van der Waals surface area contributed by atoms with Gasteiger partial charge in [-0.05, 0) is 30.5 Å². The summed E-state index contributed by atoms with van der Waals surface area (Å²) in [5.74, 6) is 0.452. The summed E-state index contributed by atoms with van der Waals surface area (Å²) >= 11 is 0. The zero-order valence-electron chi connectivity index (χ0n) is 11.4. The molecule has 0 amide bonds. The maximum absolute atomic E-state index is 13.6. The van der Waals surface area contributed by atoms with E-state index in [-0.39, 0.29) is 11.9 Å². The van der Waals surface area contributed by atoms with Gasteiger partial charge in [0.05, 0.1) is 6.61 Å². The third-order valence-electron chi connectivity index (χ3n) is 2.92. The summed E-state index contributed by atoms with van der Waals surface area (Å²) in [7, 11) is 0. The molecule has 1 aromatic rings. The molecule has 0 aliphatic rings. The van der Waals surface area contributed by atoms with E-state index in [0.29, 0.717) is 31.4 Å². The molecular formula is C14H23FN2O. The number of hydrogen-bond acceptors (Lipinski definition) is 3. The molecule has 1 aromatic carbocycles. The Morgan fingerprint density at radius 1 is 1.39 bits per heavy atom. The number of halogens is 1. The molecular weight excluding hydrogens is 231 g/mol. The lowest BCUT2D eigenvalue weighted by Crippen LogP contribution is -2.39. The second-order valence-corrected chi connectivity index (χ2v) is 4.66. The Labute approximate surface area is 109 Å². The monoisotopic (exact) mass is 254 g/mol. The van der Waals surface area contributed by atoms with Gasteiger partial charge in [0, 0.05) is 19.1 Å². The summed E-state index contributed by atoms with van der Waals surface area (Å²) in [6.07, 6.45) is 0. The van der Waals surface area contributed by atoms with Crippen molar-refractivity contribution in [1.29, 1.82) is 0 Å². The number of ether oxygens (including phenoxy) is 1. The number of nitrogens with two attached hydrogens (primary N) is 1. The molecule has 0 aromatic heterocycles. The summed E-state index contributed by atoms with van der Waals surface area (Å²) in [4.78, 5) is 0. The van der Waals surface area contributed by atoms with Crippen molar-refractivity contribution in [2.45, 2.75) is 33.4 Å². The van der Waals surface area contributed by atoms with Crippen molar-refractivity contribution >= 4 is 0 Å². The van der Waals surface area contributed by atoms with Crippen molar-refractivity contribution < 1.29 is 9.13 Å². The van der Waals surface area contributed by atoms with Gasteiger partial charge < -0.3 is 15.8 Å². The van der Waals surface area contributed by atoms with Gasteiger partial charge in [0.15, 0.2) is 11.6 Å². The maximum Gasteiger partial charge on any atom is 0.165 e. The summed E-state index contributed by atoms with van der Waals surface area (Å²) in [6.45, 7) is 7.73. The fourth-order valence-electron chi connectivity index (χ4n) is 1.77. The van der Waals surface area contributed by atoms with Crippen LogP contribution in [0.25, 0.3) is 0 Å². The molecule has 102 valence electrons. The van der Waals surface area contributed by atoms with Crippen molar-refractivity contribution in [3.05, 3.63) is 29.6 Å². The second kappa shape index (κ2) is 7.34. The summed E-state index contributed by atoms with van der Waals surface area (Å²) in [6, 6.07) is 5.29. The third-order valence-corrected chi connectivity index (χ3v) is 2.92. The molecule has 0 saturated carbocycles. The van der Waals surface area contributed by atoms with Crippen molar-refractivity contribution in [1.82, 2.24) is 5.32 Å². The highest BCUT2D eigenvalue weighted by Crippen LogP contribution is 2.18. The van der Waals surface area contributed by atoms with E-state index in [0.717, 1.165) is 5.56 Å². The van der Waals surface area contributed by atoms with Gasteiger partial charge in [0.1, 0.15) is 0 Å². The van der Waals surface area contributed by atoms with Crippen molar-refractivity contribution in [3.8, 4) is 5.75 Å². The Morgan fingerprint density at radius 2 is 2.11 bits per heavy atom. The van der Waals surface area contributed by atoms with Gasteiger partial charge in [-0.2, -0.15) is 0 Å². The van der Waals surface area contributed by atoms with Gasteiger partial charge in [-0.3, -0.25) is 0 Å². The van der Waals surface area contributed by atoms with Crippen LogP contribution < -0.4 is 15.8 Å². The van der Waals surface area contributed by atoms with Crippen LogP contribution in [0, 0.1) is 11.7 Å². The van der Waals surface area contributed by atoms with Crippen LogP contribution >= 0.6 is 0 Å². The predicted octanol–water partition coefficient (Wildman–Crippen LogP) is 2.30. The van der Waals surface area contributed by atoms with Crippen molar-refractivity contribution in [2.75, 3.05) is 13.2 Å². The van der Waals surface area contributed by atoms with Crippen LogP contribution in [0.15, 0.2) is 18.2 Å². The molecule has 0 heterocycles. The molecule has 18 heavy (non-hydrogen) atoms. The van der Waals surface area contributed by atoms with Crippen LogP contribution in [0.4, 0.5) is 4.39 Å². The Hall–Kier alpha value is -1.13. The van der Waals surface area contributed by atoms with E-state index in [4.69, 9.17) is 10.5 Å². The van der Waals surface area contributed by atoms with Gasteiger partial charge in [-0.25, -0.2) is 4.39 Å². The van der Waals surface area contributed by atoms with E-state index >= 15 is 0 Å². The second-order valence-electron chi connectivity index (χ2n) is 4.66. The van der Waals surface area contributed by atoms with Crippen LogP contribution in [-0.4, -0.2) is 19.2 Å². The van der Waals surface area contributed by atoms with Crippen LogP contribution in [0.1, 0.15) is 26.3 Å². The molecule has 0 bridgehead atoms. The van der Waals surface area contributed by atoms with E-state index in [2.05, 4.69) is 19.2 Å². The molecule has 0 saturated heterocycles. The molecule has 3 N–H and O–H groups in total. The smallest absolute Gasteiger partial charge is 0.165 e. The largest absolute Gasteiger partial charge is 0.491 e. The van der Waals surface area contributed by atoms with Gasteiger partial charge in [0.2, 0.25) is 0 Å². The zero-order chi connectivity index (χ0) is 13.5. The quantitative estimate of drug-likeness (QED) is 0.785. The normalized spacial score (nSPS) is 12.8. The van der Waals surface area contributed by atoms with E-state index in [1.165, 1.54) is 6.07 Å².